The lowest BCUT2D eigenvalue weighted by atomic mass is 10.1. The molecule has 1 aliphatic rings. The number of nitrogens with one attached hydrogen (secondary N) is 1. The molecule has 0 amide bonds. The summed E-state index contributed by atoms with van der Waals surface area (Å²) < 4.78 is 28.4. The van der Waals surface area contributed by atoms with Gasteiger partial charge in [0.25, 0.3) is 5.69 Å². The molecule has 13 heteroatoms. The summed E-state index contributed by atoms with van der Waals surface area (Å²) in [7, 11) is -4.07. The number of benzene rings is 2. The number of thiazole rings is 1. The van der Waals surface area contributed by atoms with E-state index in [0.29, 0.717) is 13.2 Å². The van der Waals surface area contributed by atoms with Crippen LogP contribution in [0.4, 0.5) is 16.5 Å². The van der Waals surface area contributed by atoms with E-state index in [1.807, 2.05) is 30.3 Å². The van der Waals surface area contributed by atoms with Crippen molar-refractivity contribution in [2.45, 2.75) is 4.90 Å². The van der Waals surface area contributed by atoms with Gasteiger partial charge in [0, 0.05) is 24.7 Å². The molecule has 0 spiro atoms. The van der Waals surface area contributed by atoms with Gasteiger partial charge in [0.1, 0.15) is 5.69 Å². The second kappa shape index (κ2) is 9.62. The molecular weight excluding hydrogens is 468 g/mol. The van der Waals surface area contributed by atoms with Gasteiger partial charge >= 0.3 is 0 Å². The second-order valence-electron chi connectivity index (χ2n) is 7.03. The normalized spacial score (nSPS) is 14.5. The maximum absolute atomic E-state index is 11.5. The van der Waals surface area contributed by atoms with E-state index in [9.17, 15) is 18.5 Å². The van der Waals surface area contributed by atoms with Crippen LogP contribution < -0.4 is 15.5 Å². The lowest BCUT2D eigenvalue weighted by Gasteiger charge is -2.26. The number of morpholine rings is 1. The number of nitrogens with zero attached hydrogens (tertiary/aromatic N) is 4. The average Bonchev–Trinajstić information content (AvgIpc) is 3.24. The molecule has 1 aromatic heterocycles. The molecule has 3 aromatic rings. The van der Waals surface area contributed by atoms with E-state index in [1.165, 1.54) is 23.5 Å². The van der Waals surface area contributed by atoms with Crippen molar-refractivity contribution in [2.75, 3.05) is 36.6 Å². The van der Waals surface area contributed by atoms with Crippen molar-refractivity contribution in [1.82, 2.24) is 4.98 Å². The highest BCUT2D eigenvalue weighted by Gasteiger charge is 2.20. The van der Waals surface area contributed by atoms with Gasteiger partial charge in [-0.1, -0.05) is 41.7 Å². The molecule has 0 radical (unpaired) electrons. The molecule has 0 saturated carbocycles. The zero-order valence-corrected chi connectivity index (χ0v) is 18.9. The number of rotatable bonds is 7. The van der Waals surface area contributed by atoms with Crippen LogP contribution in [0.5, 0.6) is 0 Å². The minimum Gasteiger partial charge on any atom is -0.378 e. The summed E-state index contributed by atoms with van der Waals surface area (Å²) in [6.07, 6.45) is 1.54. The third kappa shape index (κ3) is 5.34. The van der Waals surface area contributed by atoms with Crippen molar-refractivity contribution < 1.29 is 18.1 Å². The number of primary sulfonamides is 1. The van der Waals surface area contributed by atoms with E-state index in [2.05, 4.69) is 15.4 Å². The van der Waals surface area contributed by atoms with Crippen LogP contribution in [0.15, 0.2) is 58.5 Å². The third-order valence-corrected chi connectivity index (χ3v) is 6.79. The molecule has 2 aromatic carbocycles. The Morgan fingerprint density at radius 3 is 2.61 bits per heavy atom. The summed E-state index contributed by atoms with van der Waals surface area (Å²) in [4.78, 5) is 18.0. The van der Waals surface area contributed by atoms with E-state index in [0.717, 1.165) is 40.4 Å². The van der Waals surface area contributed by atoms with Crippen molar-refractivity contribution in [3.63, 3.8) is 0 Å². The molecule has 3 N–H and O–H groups in total. The fraction of sp³-hybridized carbons (Fsp3) is 0.200. The van der Waals surface area contributed by atoms with Gasteiger partial charge in [0.05, 0.1) is 39.8 Å². The Bertz CT molecular complexity index is 1290. The van der Waals surface area contributed by atoms with Crippen LogP contribution >= 0.6 is 11.3 Å². The monoisotopic (exact) mass is 488 g/mol. The SMILES string of the molecule is NS(=O)(=O)c1ccc(NN=Cc2sc(N3CCOCC3)nc2-c2ccccc2)c([N+](=O)[O-])c1. The number of aromatic nitrogens is 1. The highest BCUT2D eigenvalue weighted by Crippen LogP contribution is 2.33. The van der Waals surface area contributed by atoms with Crippen molar-refractivity contribution in [3.8, 4) is 11.3 Å². The zero-order chi connectivity index (χ0) is 23.4. The highest BCUT2D eigenvalue weighted by atomic mass is 32.2. The Kier molecular flexibility index (Phi) is 6.65. The summed E-state index contributed by atoms with van der Waals surface area (Å²) in [5.41, 5.74) is 3.86. The molecule has 11 nitrogen and oxygen atoms in total. The van der Waals surface area contributed by atoms with Gasteiger partial charge in [0.2, 0.25) is 10.0 Å². The van der Waals surface area contributed by atoms with Crippen molar-refractivity contribution in [1.29, 1.82) is 0 Å². The van der Waals surface area contributed by atoms with Gasteiger partial charge in [0.15, 0.2) is 5.13 Å². The Hall–Kier alpha value is -3.39. The molecular formula is C20H20N6O5S2. The van der Waals surface area contributed by atoms with Gasteiger partial charge in [-0.3, -0.25) is 15.5 Å². The smallest absolute Gasteiger partial charge is 0.295 e. The molecule has 0 aliphatic carbocycles. The van der Waals surface area contributed by atoms with Crippen LogP contribution in [0, 0.1) is 10.1 Å². The number of nitro benzene ring substituents is 1. The molecule has 1 saturated heterocycles. The Balaban J connectivity index is 1.64. The number of hydrogen-bond donors (Lipinski definition) is 2. The largest absolute Gasteiger partial charge is 0.378 e. The van der Waals surface area contributed by atoms with Gasteiger partial charge < -0.3 is 9.64 Å². The van der Waals surface area contributed by atoms with Crippen molar-refractivity contribution in [3.05, 3.63) is 63.5 Å². The summed E-state index contributed by atoms with van der Waals surface area (Å²) in [5.74, 6) is 0. The quantitative estimate of drug-likeness (QED) is 0.292. The third-order valence-electron chi connectivity index (χ3n) is 4.83. The average molecular weight is 489 g/mol. The van der Waals surface area contributed by atoms with Crippen molar-refractivity contribution >= 4 is 44.1 Å². The van der Waals surface area contributed by atoms with E-state index in [1.54, 1.807) is 6.21 Å². The first kappa shape index (κ1) is 22.8. The second-order valence-corrected chi connectivity index (χ2v) is 9.60. The van der Waals surface area contributed by atoms with Gasteiger partial charge in [-0.25, -0.2) is 18.5 Å². The van der Waals surface area contributed by atoms with Gasteiger partial charge in [-0.05, 0) is 12.1 Å². The Morgan fingerprint density at radius 2 is 1.94 bits per heavy atom. The van der Waals surface area contributed by atoms with Gasteiger partial charge in [-0.2, -0.15) is 5.10 Å². The Labute approximate surface area is 193 Å². The first-order valence-electron chi connectivity index (χ1n) is 9.82. The standard InChI is InChI=1S/C20H20N6O5S2/c21-33(29,30)15-6-7-16(17(12-15)26(27)28)24-22-13-18-19(14-4-2-1-3-5-14)23-20(32-18)25-8-10-31-11-9-25/h1-7,12-13,24H,8-11H2,(H2,21,29,30). The summed E-state index contributed by atoms with van der Waals surface area (Å²) in [6.45, 7) is 2.73. The maximum atomic E-state index is 11.5. The molecule has 0 atom stereocenters. The molecule has 0 bridgehead atoms. The zero-order valence-electron chi connectivity index (χ0n) is 17.2. The number of hydrazone groups is 1. The van der Waals surface area contributed by atoms with Crippen LogP contribution in [0.3, 0.4) is 0 Å². The van der Waals surface area contributed by atoms with Crippen LogP contribution in [-0.4, -0.2) is 50.8 Å². The van der Waals surface area contributed by atoms with E-state index in [-0.39, 0.29) is 10.6 Å². The van der Waals surface area contributed by atoms with Crippen LogP contribution in [0.1, 0.15) is 4.88 Å². The van der Waals surface area contributed by atoms with Crippen LogP contribution in [-0.2, 0) is 14.8 Å². The number of ether oxygens (including phenoxy) is 1. The fourth-order valence-electron chi connectivity index (χ4n) is 3.19. The van der Waals surface area contributed by atoms with Crippen molar-refractivity contribution in [2.24, 2.45) is 10.2 Å². The fourth-order valence-corrected chi connectivity index (χ4v) is 4.74. The molecule has 1 aliphatic heterocycles. The molecule has 0 unspecified atom stereocenters. The van der Waals surface area contributed by atoms with Crippen LogP contribution in [0.25, 0.3) is 11.3 Å². The molecule has 33 heavy (non-hydrogen) atoms. The van der Waals surface area contributed by atoms with Crippen LogP contribution in [0.2, 0.25) is 0 Å². The number of sulfonamides is 1. The Morgan fingerprint density at radius 1 is 1.21 bits per heavy atom. The van der Waals surface area contributed by atoms with E-state index >= 15 is 0 Å². The van der Waals surface area contributed by atoms with Gasteiger partial charge in [-0.15, -0.1) is 0 Å². The first-order chi connectivity index (χ1) is 15.8. The lowest BCUT2D eigenvalue weighted by Crippen LogP contribution is -2.36. The summed E-state index contributed by atoms with van der Waals surface area (Å²) >= 11 is 1.45. The molecule has 1 fully saturated rings. The van der Waals surface area contributed by atoms with E-state index < -0.39 is 20.6 Å². The number of hydrogen-bond acceptors (Lipinski definition) is 10. The number of anilines is 2. The molecule has 4 rings (SSSR count). The molecule has 172 valence electrons. The minimum absolute atomic E-state index is 0.0304. The minimum atomic E-state index is -4.07. The maximum Gasteiger partial charge on any atom is 0.295 e. The summed E-state index contributed by atoms with van der Waals surface area (Å²) in [5, 5.41) is 21.5. The number of nitrogens with two attached hydrogens (primary N) is 1. The highest BCUT2D eigenvalue weighted by molar-refractivity contribution is 7.89. The molecule has 2 heterocycles. The summed E-state index contributed by atoms with van der Waals surface area (Å²) in [6, 6.07) is 13.0. The predicted octanol–water partition coefficient (Wildman–Crippen LogP) is 2.65. The topological polar surface area (TPSA) is 153 Å². The predicted molar refractivity (Wildman–Crippen MR) is 126 cm³/mol. The number of nitro groups is 1. The first-order valence-corrected chi connectivity index (χ1v) is 12.2. The lowest BCUT2D eigenvalue weighted by molar-refractivity contribution is -0.384. The van der Waals surface area contributed by atoms with E-state index in [4.69, 9.17) is 14.9 Å².